The maximum atomic E-state index is 10.0. The minimum absolute atomic E-state index is 0.582. The average molecular weight is 124 g/mol. The maximum Gasteiger partial charge on any atom is 0.262 e. The van der Waals surface area contributed by atoms with Crippen molar-refractivity contribution < 1.29 is 9.90 Å². The fraction of sp³-hybridized carbons (Fsp3) is 0.667. The molecule has 42 valence electrons. The highest BCUT2D eigenvalue weighted by atomic mass is 35.5. The van der Waals surface area contributed by atoms with Gasteiger partial charge in [0.2, 0.25) is 0 Å². The molecule has 4 heteroatoms. The van der Waals surface area contributed by atoms with Gasteiger partial charge in [0.05, 0.1) is 0 Å². The molecule has 0 fully saturated rings. The number of carbonyl (C=O) groups excluding carboxylic acids is 1. The summed E-state index contributed by atoms with van der Waals surface area (Å²) in [5.74, 6) is -0.582. The topological polar surface area (TPSA) is 49.3 Å². The molecule has 0 radical (unpaired) electrons. The van der Waals surface area contributed by atoms with Gasteiger partial charge in [-0.25, -0.2) is 0 Å². The molecule has 0 bridgehead atoms. The highest BCUT2D eigenvalue weighted by Crippen LogP contribution is 1.77. The molecule has 0 aliphatic carbocycles. The molecule has 1 atom stereocenters. The van der Waals surface area contributed by atoms with Gasteiger partial charge in [-0.2, -0.15) is 0 Å². The highest BCUT2D eigenvalue weighted by Gasteiger charge is 2.03. The molecule has 0 aromatic heterocycles. The van der Waals surface area contributed by atoms with Crippen LogP contribution >= 0.6 is 11.8 Å². The Labute approximate surface area is 46.4 Å². The van der Waals surface area contributed by atoms with Gasteiger partial charge in [-0.3, -0.25) is 9.63 Å². The monoisotopic (exact) mass is 123 g/mol. The van der Waals surface area contributed by atoms with Gasteiger partial charge in [-0.15, -0.1) is 0 Å². The Balaban J connectivity index is 3.35. The normalized spacial score (nSPS) is 13.0. The number of hydrogen-bond acceptors (Lipinski definition) is 2. The minimum Gasteiger partial charge on any atom is -0.384 e. The fourth-order valence-corrected chi connectivity index (χ4v) is 0.237. The zero-order valence-corrected chi connectivity index (χ0v) is 4.57. The lowest BCUT2D eigenvalue weighted by Gasteiger charge is -1.95. The van der Waals surface area contributed by atoms with Gasteiger partial charge in [-0.1, -0.05) is 0 Å². The van der Waals surface area contributed by atoms with Crippen LogP contribution in [0.2, 0.25) is 0 Å². The van der Waals surface area contributed by atoms with E-state index < -0.39 is 12.0 Å². The molecule has 0 spiro atoms. The van der Waals surface area contributed by atoms with Crippen molar-refractivity contribution in [2.45, 2.75) is 13.0 Å². The number of aliphatic hydroxyl groups excluding tert-OH is 1. The predicted molar refractivity (Wildman–Crippen MR) is 25.7 cm³/mol. The lowest BCUT2D eigenvalue weighted by molar-refractivity contribution is -0.126. The molecule has 2 N–H and O–H groups in total. The lowest BCUT2D eigenvalue weighted by atomic mass is 10.4. The second-order valence-corrected chi connectivity index (χ2v) is 1.32. The molecule has 3 nitrogen and oxygen atoms in total. The Kier molecular flexibility index (Phi) is 2.71. The van der Waals surface area contributed by atoms with Crippen molar-refractivity contribution in [3.63, 3.8) is 0 Å². The quantitative estimate of drug-likeness (QED) is 0.468. The van der Waals surface area contributed by atoms with Gasteiger partial charge in [0.15, 0.2) is 0 Å². The maximum absolute atomic E-state index is 10.0. The number of hydrogen-bond donors (Lipinski definition) is 2. The summed E-state index contributed by atoms with van der Waals surface area (Å²) >= 11 is 4.79. The van der Waals surface area contributed by atoms with E-state index in [1.165, 1.54) is 6.92 Å². The van der Waals surface area contributed by atoms with Crippen molar-refractivity contribution >= 4 is 17.7 Å². The third kappa shape index (κ3) is 2.42. The first-order valence-corrected chi connectivity index (χ1v) is 2.15. The Morgan fingerprint density at radius 2 is 2.43 bits per heavy atom. The molecular formula is C3H6ClNO2. The highest BCUT2D eigenvalue weighted by molar-refractivity contribution is 6.21. The van der Waals surface area contributed by atoms with Crippen molar-refractivity contribution in [3.05, 3.63) is 0 Å². The van der Waals surface area contributed by atoms with Crippen LogP contribution in [0.1, 0.15) is 6.92 Å². The molecule has 1 amide bonds. The summed E-state index contributed by atoms with van der Waals surface area (Å²) < 4.78 is 0. The van der Waals surface area contributed by atoms with E-state index in [-0.39, 0.29) is 0 Å². The predicted octanol–water partition coefficient (Wildman–Crippen LogP) is -0.363. The van der Waals surface area contributed by atoms with Crippen molar-refractivity contribution in [1.82, 2.24) is 4.84 Å². The van der Waals surface area contributed by atoms with Crippen LogP contribution in [0.3, 0.4) is 0 Å². The van der Waals surface area contributed by atoms with E-state index >= 15 is 0 Å². The number of nitrogens with one attached hydrogen (secondary N) is 1. The third-order valence-electron chi connectivity index (χ3n) is 0.473. The van der Waals surface area contributed by atoms with Crippen LogP contribution in [0.15, 0.2) is 0 Å². The number of carbonyl (C=O) groups is 1. The fourth-order valence-electron chi connectivity index (χ4n) is 0.0790. The van der Waals surface area contributed by atoms with E-state index in [1.807, 2.05) is 0 Å². The van der Waals surface area contributed by atoms with Gasteiger partial charge in [0.25, 0.3) is 5.91 Å². The Hall–Kier alpha value is -0.280. The van der Waals surface area contributed by atoms with E-state index in [0.717, 1.165) is 0 Å². The van der Waals surface area contributed by atoms with E-state index in [2.05, 4.69) is 0 Å². The first-order valence-electron chi connectivity index (χ1n) is 1.77. The standard InChI is InChI=1S/C3H6ClNO2/c1-2(6)3(7)5-4/h2,6H,1H3,(H,5,7). The van der Waals surface area contributed by atoms with Crippen molar-refractivity contribution in [1.29, 1.82) is 0 Å². The molecule has 0 aromatic rings. The van der Waals surface area contributed by atoms with Crippen LogP contribution in [0.4, 0.5) is 0 Å². The number of rotatable bonds is 1. The first kappa shape index (κ1) is 6.72. The second kappa shape index (κ2) is 2.82. The zero-order chi connectivity index (χ0) is 5.86. The van der Waals surface area contributed by atoms with Gasteiger partial charge in [0, 0.05) is 11.8 Å². The van der Waals surface area contributed by atoms with Crippen LogP contribution in [-0.4, -0.2) is 17.1 Å². The van der Waals surface area contributed by atoms with Crippen molar-refractivity contribution in [2.75, 3.05) is 0 Å². The number of amides is 1. The number of aliphatic hydroxyl groups is 1. The Morgan fingerprint density at radius 1 is 2.00 bits per heavy atom. The lowest BCUT2D eigenvalue weighted by Crippen LogP contribution is -2.25. The molecule has 0 aliphatic heterocycles. The third-order valence-corrected chi connectivity index (χ3v) is 0.659. The summed E-state index contributed by atoms with van der Waals surface area (Å²) in [6.45, 7) is 1.33. The second-order valence-electron chi connectivity index (χ2n) is 1.13. The minimum atomic E-state index is -1.02. The first-order chi connectivity index (χ1) is 3.18. The van der Waals surface area contributed by atoms with Crippen LogP contribution < -0.4 is 4.84 Å². The van der Waals surface area contributed by atoms with Crippen molar-refractivity contribution in [2.24, 2.45) is 0 Å². The van der Waals surface area contributed by atoms with E-state index in [1.54, 1.807) is 4.84 Å². The van der Waals surface area contributed by atoms with Gasteiger partial charge >= 0.3 is 0 Å². The smallest absolute Gasteiger partial charge is 0.262 e. The van der Waals surface area contributed by atoms with Gasteiger partial charge < -0.3 is 5.11 Å². The van der Waals surface area contributed by atoms with Gasteiger partial charge in [0.1, 0.15) is 6.10 Å². The largest absolute Gasteiger partial charge is 0.384 e. The molecule has 0 aromatic carbocycles. The summed E-state index contributed by atoms with van der Waals surface area (Å²) in [5.41, 5.74) is 0. The van der Waals surface area contributed by atoms with Crippen LogP contribution in [0, 0.1) is 0 Å². The molecule has 0 aliphatic rings. The summed E-state index contributed by atoms with van der Waals surface area (Å²) in [6.07, 6.45) is -1.02. The van der Waals surface area contributed by atoms with E-state index in [0.29, 0.717) is 0 Å². The SMILES string of the molecule is CC(O)C(=O)NCl. The number of halogens is 1. The summed E-state index contributed by atoms with van der Waals surface area (Å²) in [7, 11) is 0. The van der Waals surface area contributed by atoms with Gasteiger partial charge in [-0.05, 0) is 6.92 Å². The molecule has 7 heavy (non-hydrogen) atoms. The molecule has 0 heterocycles. The van der Waals surface area contributed by atoms with Crippen LogP contribution in [0.25, 0.3) is 0 Å². The Morgan fingerprint density at radius 3 is 2.43 bits per heavy atom. The molecule has 0 saturated heterocycles. The molecule has 0 saturated carbocycles. The Bertz CT molecular complexity index is 73.3. The van der Waals surface area contributed by atoms with Crippen molar-refractivity contribution in [3.8, 4) is 0 Å². The van der Waals surface area contributed by atoms with E-state index in [4.69, 9.17) is 16.9 Å². The average Bonchev–Trinajstić information content (AvgIpc) is 1.65. The zero-order valence-electron chi connectivity index (χ0n) is 3.81. The summed E-state index contributed by atoms with van der Waals surface area (Å²) in [5, 5.41) is 8.32. The summed E-state index contributed by atoms with van der Waals surface area (Å²) in [4.78, 5) is 11.8. The molecule has 1 unspecified atom stereocenters. The summed E-state index contributed by atoms with van der Waals surface area (Å²) in [6, 6.07) is 0. The van der Waals surface area contributed by atoms with Crippen LogP contribution in [0.5, 0.6) is 0 Å². The molecule has 0 rings (SSSR count). The molecular weight excluding hydrogens is 117 g/mol. The van der Waals surface area contributed by atoms with Crippen LogP contribution in [-0.2, 0) is 4.79 Å². The van der Waals surface area contributed by atoms with E-state index in [9.17, 15) is 4.79 Å².